The summed E-state index contributed by atoms with van der Waals surface area (Å²) in [6, 6.07) is 1.98. The van der Waals surface area contributed by atoms with Gasteiger partial charge < -0.3 is 0 Å². The first-order valence-electron chi connectivity index (χ1n) is 4.75. The molecule has 1 heterocycles. The van der Waals surface area contributed by atoms with E-state index < -0.39 is 0 Å². The number of rotatable bonds is 5. The normalized spacial score (nSPS) is 10.1. The Morgan fingerprint density at radius 1 is 1.50 bits per heavy atom. The van der Waals surface area contributed by atoms with E-state index >= 15 is 0 Å². The Kier molecular flexibility index (Phi) is 5.35. The van der Waals surface area contributed by atoms with Crippen LogP contribution in [-0.4, -0.2) is 26.8 Å². The zero-order valence-corrected chi connectivity index (χ0v) is 10.8. The van der Waals surface area contributed by atoms with E-state index in [1.165, 1.54) is 16.4 Å². The molecule has 0 fully saturated rings. The zero-order valence-electron chi connectivity index (χ0n) is 9.13. The topological polar surface area (TPSA) is 71.6 Å². The first-order chi connectivity index (χ1) is 7.72. The monoisotopic (exact) mass is 256 g/mol. The van der Waals surface area contributed by atoms with Crippen LogP contribution >= 0.6 is 23.5 Å². The second-order valence-electron chi connectivity index (χ2n) is 2.77. The summed E-state index contributed by atoms with van der Waals surface area (Å²) >= 11 is 2.96. The lowest BCUT2D eigenvalue weighted by Gasteiger charge is -2.06. The van der Waals surface area contributed by atoms with Crippen molar-refractivity contribution in [2.24, 2.45) is 0 Å². The number of nitrogens with zero attached hydrogens (tertiary/aromatic N) is 4. The molecule has 7 heteroatoms. The Morgan fingerprint density at radius 3 is 2.81 bits per heavy atom. The molecular formula is C9H12N4OS2. The highest BCUT2D eigenvalue weighted by Gasteiger charge is 2.09. The van der Waals surface area contributed by atoms with Crippen LogP contribution in [0.2, 0.25) is 0 Å². The van der Waals surface area contributed by atoms with Crippen molar-refractivity contribution in [1.29, 1.82) is 5.26 Å². The molecule has 86 valence electrons. The van der Waals surface area contributed by atoms with E-state index in [0.717, 1.165) is 10.8 Å². The molecule has 16 heavy (non-hydrogen) atoms. The number of aryl methyl sites for hydroxylation is 1. The van der Waals surface area contributed by atoms with Crippen LogP contribution in [0.15, 0.2) is 14.8 Å². The molecule has 0 amide bonds. The third-order valence-electron chi connectivity index (χ3n) is 1.72. The van der Waals surface area contributed by atoms with Crippen LogP contribution in [0.4, 0.5) is 0 Å². The van der Waals surface area contributed by atoms with Crippen LogP contribution in [0.3, 0.4) is 0 Å². The molecule has 0 saturated heterocycles. The van der Waals surface area contributed by atoms with Crippen molar-refractivity contribution in [3.63, 3.8) is 0 Å². The molecule has 0 aliphatic rings. The van der Waals surface area contributed by atoms with E-state index in [4.69, 9.17) is 5.26 Å². The Bertz CT molecular complexity index is 452. The van der Waals surface area contributed by atoms with Gasteiger partial charge >= 0.3 is 5.69 Å². The molecule has 5 nitrogen and oxygen atoms in total. The highest BCUT2D eigenvalue weighted by Crippen LogP contribution is 2.23. The van der Waals surface area contributed by atoms with Gasteiger partial charge in [-0.15, -0.1) is 23.5 Å². The third-order valence-corrected chi connectivity index (χ3v) is 3.36. The fourth-order valence-electron chi connectivity index (χ4n) is 1.05. The van der Waals surface area contributed by atoms with E-state index in [-0.39, 0.29) is 12.1 Å². The number of hydrogen-bond acceptors (Lipinski definition) is 6. The summed E-state index contributed by atoms with van der Waals surface area (Å²) in [6.45, 7) is 2.31. The second-order valence-corrected chi connectivity index (χ2v) is 4.82. The number of nitriles is 1. The molecule has 0 saturated carbocycles. The Morgan fingerprint density at radius 2 is 2.25 bits per heavy atom. The second kappa shape index (κ2) is 6.55. The first-order valence-corrected chi connectivity index (χ1v) is 6.96. The number of thioether (sulfide) groups is 2. The molecule has 0 aliphatic carbocycles. The van der Waals surface area contributed by atoms with Crippen LogP contribution < -0.4 is 5.69 Å². The van der Waals surface area contributed by atoms with Crippen molar-refractivity contribution in [1.82, 2.24) is 14.8 Å². The standard InChI is InChI=1S/C9H12N4OS2/c1-3-16-8-7(15-2)11-9(14)13(12-8)6-4-5-10/h3-4,6H2,1-2H3. The SMILES string of the molecule is CCSc1nn(CCC#N)c(=O)nc1SC. The Labute approximate surface area is 102 Å². The molecule has 0 unspecified atom stereocenters. The van der Waals surface area contributed by atoms with Gasteiger partial charge in [0.2, 0.25) is 0 Å². The van der Waals surface area contributed by atoms with Gasteiger partial charge in [-0.25, -0.2) is 9.48 Å². The van der Waals surface area contributed by atoms with Crippen LogP contribution in [0.1, 0.15) is 13.3 Å². The molecule has 1 aromatic heterocycles. The first kappa shape index (κ1) is 13.1. The van der Waals surface area contributed by atoms with E-state index in [9.17, 15) is 4.79 Å². The molecule has 0 aromatic carbocycles. The molecule has 1 aromatic rings. The smallest absolute Gasteiger partial charge is 0.244 e. The number of aromatic nitrogens is 3. The third kappa shape index (κ3) is 3.25. The van der Waals surface area contributed by atoms with Gasteiger partial charge in [0.25, 0.3) is 0 Å². The van der Waals surface area contributed by atoms with Gasteiger partial charge in [-0.1, -0.05) is 6.92 Å². The molecule has 0 atom stereocenters. The summed E-state index contributed by atoms with van der Waals surface area (Å²) in [6.07, 6.45) is 2.13. The minimum absolute atomic E-state index is 0.267. The number of hydrogen-bond donors (Lipinski definition) is 0. The summed E-state index contributed by atoms with van der Waals surface area (Å²) in [5, 5.41) is 14.1. The van der Waals surface area contributed by atoms with Crippen LogP contribution in [0.25, 0.3) is 0 Å². The van der Waals surface area contributed by atoms with Crippen molar-refractivity contribution >= 4 is 23.5 Å². The molecule has 0 bridgehead atoms. The van der Waals surface area contributed by atoms with E-state index in [2.05, 4.69) is 10.1 Å². The van der Waals surface area contributed by atoms with E-state index in [1.807, 2.05) is 19.2 Å². The molecule has 1 rings (SSSR count). The summed E-state index contributed by atoms with van der Waals surface area (Å²) in [4.78, 5) is 15.5. The summed E-state index contributed by atoms with van der Waals surface area (Å²) in [5.74, 6) is 0.874. The van der Waals surface area contributed by atoms with Crippen molar-refractivity contribution in [2.75, 3.05) is 12.0 Å². The fraction of sp³-hybridized carbons (Fsp3) is 0.556. The van der Waals surface area contributed by atoms with Crippen LogP contribution in [-0.2, 0) is 6.54 Å². The van der Waals surface area contributed by atoms with Crippen LogP contribution in [0.5, 0.6) is 0 Å². The minimum atomic E-state index is -0.389. The highest BCUT2D eigenvalue weighted by molar-refractivity contribution is 8.01. The van der Waals surface area contributed by atoms with Gasteiger partial charge in [-0.2, -0.15) is 15.3 Å². The van der Waals surface area contributed by atoms with E-state index in [1.54, 1.807) is 11.8 Å². The molecule has 0 spiro atoms. The van der Waals surface area contributed by atoms with Crippen LogP contribution in [0, 0.1) is 11.3 Å². The Balaban J connectivity index is 3.07. The molecule has 0 aliphatic heterocycles. The Hall–Kier alpha value is -1.00. The maximum atomic E-state index is 11.5. The largest absolute Gasteiger partial charge is 0.365 e. The van der Waals surface area contributed by atoms with Crippen molar-refractivity contribution in [3.8, 4) is 6.07 Å². The average Bonchev–Trinajstić information content (AvgIpc) is 2.29. The van der Waals surface area contributed by atoms with E-state index in [0.29, 0.717) is 11.6 Å². The van der Waals surface area contributed by atoms with Gasteiger partial charge in [0.05, 0.1) is 19.0 Å². The van der Waals surface area contributed by atoms with Gasteiger partial charge in [-0.3, -0.25) is 0 Å². The van der Waals surface area contributed by atoms with Gasteiger partial charge in [0.1, 0.15) is 10.1 Å². The minimum Gasteiger partial charge on any atom is -0.244 e. The average molecular weight is 256 g/mol. The van der Waals surface area contributed by atoms with Gasteiger partial charge in [0, 0.05) is 0 Å². The lowest BCUT2D eigenvalue weighted by molar-refractivity contribution is 0.524. The van der Waals surface area contributed by atoms with Gasteiger partial charge in [0.15, 0.2) is 0 Å². The van der Waals surface area contributed by atoms with Crippen molar-refractivity contribution < 1.29 is 0 Å². The van der Waals surface area contributed by atoms with Crippen molar-refractivity contribution in [2.45, 2.75) is 29.9 Å². The predicted molar refractivity (Wildman–Crippen MR) is 64.7 cm³/mol. The lowest BCUT2D eigenvalue weighted by Crippen LogP contribution is -2.26. The maximum absolute atomic E-state index is 11.5. The summed E-state index contributed by atoms with van der Waals surface area (Å²) in [5.41, 5.74) is -0.389. The lowest BCUT2D eigenvalue weighted by atomic mass is 10.5. The zero-order chi connectivity index (χ0) is 12.0. The van der Waals surface area contributed by atoms with Crippen molar-refractivity contribution in [3.05, 3.63) is 10.5 Å². The summed E-state index contributed by atoms with van der Waals surface area (Å²) in [7, 11) is 0. The summed E-state index contributed by atoms with van der Waals surface area (Å²) < 4.78 is 1.25. The van der Waals surface area contributed by atoms with Gasteiger partial charge in [-0.05, 0) is 12.0 Å². The molecule has 0 radical (unpaired) electrons. The quantitative estimate of drug-likeness (QED) is 0.741. The predicted octanol–water partition coefficient (Wildman–Crippen LogP) is 1.39. The maximum Gasteiger partial charge on any atom is 0.365 e. The molecule has 0 N–H and O–H groups in total. The highest BCUT2D eigenvalue weighted by atomic mass is 32.2. The fourth-order valence-corrected chi connectivity index (χ4v) is 2.46. The molecular weight excluding hydrogens is 244 g/mol.